The summed E-state index contributed by atoms with van der Waals surface area (Å²) in [6.07, 6.45) is 0. The number of hydrogen-bond donors (Lipinski definition) is 4. The van der Waals surface area contributed by atoms with Gasteiger partial charge in [0, 0.05) is 26.6 Å². The fraction of sp³-hybridized carbons (Fsp3) is 1.00. The number of ether oxygens (including phenoxy) is 1. The van der Waals surface area contributed by atoms with E-state index in [1.807, 2.05) is 6.92 Å². The minimum absolute atomic E-state index is 0.139. The number of nitrogens with one attached hydrogen (secondary N) is 1. The van der Waals surface area contributed by atoms with Crippen LogP contribution in [0.4, 0.5) is 0 Å². The maximum Gasteiger partial charge on any atom is 0.223 e. The molecule has 4 N–H and O–H groups in total. The molecule has 0 saturated carbocycles. The molecule has 0 aliphatic heterocycles. The van der Waals surface area contributed by atoms with Crippen LogP contribution in [0.1, 0.15) is 13.8 Å². The normalized spacial score (nSPS) is 14.2. The van der Waals surface area contributed by atoms with Gasteiger partial charge in [0.15, 0.2) is 0 Å². The van der Waals surface area contributed by atoms with Crippen molar-refractivity contribution in [1.82, 2.24) is 10.2 Å². The number of nitrogens with zero attached hydrogens (tertiary/aromatic N) is 1. The van der Waals surface area contributed by atoms with Crippen LogP contribution in [-0.4, -0.2) is 73.1 Å². The van der Waals surface area contributed by atoms with Crippen molar-refractivity contribution >= 4 is 0 Å². The first-order valence-corrected chi connectivity index (χ1v) is 5.38. The largest absolute Gasteiger partial charge is 0.395 e. The van der Waals surface area contributed by atoms with Crippen molar-refractivity contribution in [3.8, 4) is 0 Å². The highest BCUT2D eigenvalue weighted by molar-refractivity contribution is 4.52. The average molecular weight is 238 g/mol. The van der Waals surface area contributed by atoms with Crippen LogP contribution in [0.15, 0.2) is 0 Å². The second-order valence-electron chi connectivity index (χ2n) is 3.46. The smallest absolute Gasteiger partial charge is 0.223 e. The lowest BCUT2D eigenvalue weighted by atomic mass is 10.5. The first kappa shape index (κ1) is 18.1. The van der Waals surface area contributed by atoms with Crippen molar-refractivity contribution < 1.29 is 20.1 Å². The molecule has 0 aromatic heterocycles. The van der Waals surface area contributed by atoms with E-state index in [9.17, 15) is 5.11 Å². The Bertz CT molecular complexity index is 139. The second kappa shape index (κ2) is 11.3. The Labute approximate surface area is 97.8 Å². The van der Waals surface area contributed by atoms with Crippen LogP contribution in [0.2, 0.25) is 0 Å². The maximum atomic E-state index is 9.30. The van der Waals surface area contributed by atoms with E-state index in [2.05, 4.69) is 5.32 Å². The molecule has 1 unspecified atom stereocenters. The fourth-order valence-electron chi connectivity index (χ4n) is 0.686. The van der Waals surface area contributed by atoms with Crippen LogP contribution in [-0.2, 0) is 4.74 Å². The fourth-order valence-corrected chi connectivity index (χ4v) is 0.686. The molecular formula is C10H26N2O4. The van der Waals surface area contributed by atoms with Gasteiger partial charge in [-0.15, -0.1) is 0 Å². The SMILES string of the molecule is CCOC(C)(O)N(C)C.OCCNCCO. The molecule has 0 aromatic carbocycles. The molecule has 0 amide bonds. The average Bonchev–Trinajstić information content (AvgIpc) is 2.19. The summed E-state index contributed by atoms with van der Waals surface area (Å²) in [5.74, 6) is -1.12. The molecule has 0 radical (unpaired) electrons. The molecule has 0 heterocycles. The highest BCUT2D eigenvalue weighted by atomic mass is 16.6. The highest BCUT2D eigenvalue weighted by Gasteiger charge is 2.22. The molecule has 0 aliphatic carbocycles. The molecule has 16 heavy (non-hydrogen) atoms. The third-order valence-electron chi connectivity index (χ3n) is 1.82. The first-order chi connectivity index (χ1) is 7.42. The van der Waals surface area contributed by atoms with Crippen molar-refractivity contribution in [3.05, 3.63) is 0 Å². The van der Waals surface area contributed by atoms with Crippen LogP contribution in [0, 0.1) is 0 Å². The zero-order valence-electron chi connectivity index (χ0n) is 10.7. The van der Waals surface area contributed by atoms with Crippen molar-refractivity contribution in [2.24, 2.45) is 0 Å². The van der Waals surface area contributed by atoms with Crippen molar-refractivity contribution in [2.75, 3.05) is 47.0 Å². The van der Waals surface area contributed by atoms with Gasteiger partial charge in [-0.25, -0.2) is 0 Å². The van der Waals surface area contributed by atoms with Gasteiger partial charge in [-0.3, -0.25) is 4.90 Å². The van der Waals surface area contributed by atoms with Gasteiger partial charge in [0.25, 0.3) is 0 Å². The molecule has 100 valence electrons. The molecule has 0 aromatic rings. The molecule has 0 spiro atoms. The highest BCUT2D eigenvalue weighted by Crippen LogP contribution is 2.06. The molecular weight excluding hydrogens is 212 g/mol. The van der Waals surface area contributed by atoms with Gasteiger partial charge in [0.2, 0.25) is 5.91 Å². The molecule has 0 aliphatic rings. The van der Waals surface area contributed by atoms with E-state index >= 15 is 0 Å². The predicted molar refractivity (Wildman–Crippen MR) is 63.0 cm³/mol. The van der Waals surface area contributed by atoms with E-state index < -0.39 is 5.91 Å². The number of aliphatic hydroxyl groups excluding tert-OH is 2. The van der Waals surface area contributed by atoms with E-state index in [0.29, 0.717) is 19.7 Å². The minimum Gasteiger partial charge on any atom is -0.395 e. The number of rotatable bonds is 7. The summed E-state index contributed by atoms with van der Waals surface area (Å²) in [7, 11) is 3.52. The lowest BCUT2D eigenvalue weighted by Gasteiger charge is -2.29. The number of hydrogen-bond acceptors (Lipinski definition) is 6. The minimum atomic E-state index is -1.12. The van der Waals surface area contributed by atoms with Gasteiger partial charge < -0.3 is 25.4 Å². The molecule has 0 saturated heterocycles. The van der Waals surface area contributed by atoms with E-state index in [1.54, 1.807) is 25.9 Å². The summed E-state index contributed by atoms with van der Waals surface area (Å²) in [6.45, 7) is 5.39. The lowest BCUT2D eigenvalue weighted by molar-refractivity contribution is -0.265. The van der Waals surface area contributed by atoms with Gasteiger partial charge in [-0.05, 0) is 21.0 Å². The Hall–Kier alpha value is -0.240. The van der Waals surface area contributed by atoms with Crippen molar-refractivity contribution in [2.45, 2.75) is 19.8 Å². The van der Waals surface area contributed by atoms with Gasteiger partial charge >= 0.3 is 0 Å². The zero-order valence-corrected chi connectivity index (χ0v) is 10.7. The van der Waals surface area contributed by atoms with Gasteiger partial charge in [0.1, 0.15) is 0 Å². The Morgan fingerprint density at radius 3 is 1.81 bits per heavy atom. The summed E-state index contributed by atoms with van der Waals surface area (Å²) in [5.41, 5.74) is 0. The van der Waals surface area contributed by atoms with E-state index in [4.69, 9.17) is 14.9 Å². The van der Waals surface area contributed by atoms with Gasteiger partial charge in [0.05, 0.1) is 13.2 Å². The summed E-state index contributed by atoms with van der Waals surface area (Å²) < 4.78 is 4.97. The van der Waals surface area contributed by atoms with E-state index in [-0.39, 0.29) is 13.2 Å². The molecule has 0 fully saturated rings. The Morgan fingerprint density at radius 2 is 1.62 bits per heavy atom. The van der Waals surface area contributed by atoms with Crippen LogP contribution in [0.3, 0.4) is 0 Å². The molecule has 1 atom stereocenters. The third-order valence-corrected chi connectivity index (χ3v) is 1.82. The van der Waals surface area contributed by atoms with Crippen LogP contribution < -0.4 is 5.32 Å². The molecule has 0 rings (SSSR count). The summed E-state index contributed by atoms with van der Waals surface area (Å²) in [5, 5.41) is 28.4. The summed E-state index contributed by atoms with van der Waals surface area (Å²) in [6, 6.07) is 0. The Kier molecular flexibility index (Phi) is 12.8. The van der Waals surface area contributed by atoms with Crippen molar-refractivity contribution in [3.63, 3.8) is 0 Å². The standard InChI is InChI=1S/C6H15NO2.C4H11NO2/c1-5-9-6(2,8)7(3)4;6-3-1-5-2-4-7/h8H,5H2,1-4H3;5-7H,1-4H2. The van der Waals surface area contributed by atoms with Crippen molar-refractivity contribution in [1.29, 1.82) is 0 Å². The van der Waals surface area contributed by atoms with E-state index in [0.717, 1.165) is 0 Å². The first-order valence-electron chi connectivity index (χ1n) is 5.38. The zero-order chi connectivity index (χ0) is 13.0. The molecule has 6 nitrogen and oxygen atoms in total. The number of aliphatic hydroxyl groups is 3. The monoisotopic (exact) mass is 238 g/mol. The van der Waals surface area contributed by atoms with E-state index in [1.165, 1.54) is 0 Å². The Morgan fingerprint density at radius 1 is 1.19 bits per heavy atom. The van der Waals surface area contributed by atoms with Gasteiger partial charge in [-0.2, -0.15) is 0 Å². The van der Waals surface area contributed by atoms with Crippen LogP contribution >= 0.6 is 0 Å². The van der Waals surface area contributed by atoms with Crippen LogP contribution in [0.25, 0.3) is 0 Å². The molecule has 6 heteroatoms. The quantitative estimate of drug-likeness (QED) is 0.330. The Balaban J connectivity index is 0. The second-order valence-corrected chi connectivity index (χ2v) is 3.46. The summed E-state index contributed by atoms with van der Waals surface area (Å²) in [4.78, 5) is 1.61. The van der Waals surface area contributed by atoms with Gasteiger partial charge in [-0.1, -0.05) is 0 Å². The third kappa shape index (κ3) is 11.8. The maximum absolute atomic E-state index is 9.30. The topological polar surface area (TPSA) is 85.2 Å². The lowest BCUT2D eigenvalue weighted by Crippen LogP contribution is -2.43. The summed E-state index contributed by atoms with van der Waals surface area (Å²) >= 11 is 0. The predicted octanol–water partition coefficient (Wildman–Crippen LogP) is -1.19. The molecule has 0 bridgehead atoms. The van der Waals surface area contributed by atoms with Crippen LogP contribution in [0.5, 0.6) is 0 Å².